The van der Waals surface area contributed by atoms with E-state index in [1.165, 1.54) is 0 Å². The van der Waals surface area contributed by atoms with Crippen molar-refractivity contribution >= 4 is 40.3 Å². The summed E-state index contributed by atoms with van der Waals surface area (Å²) in [5, 5.41) is 5.21. The molecule has 2 N–H and O–H groups in total. The summed E-state index contributed by atoms with van der Waals surface area (Å²) in [6, 6.07) is 5.16. The largest absolute Gasteiger partial charge is 0.379 e. The Labute approximate surface area is 143 Å². The van der Waals surface area contributed by atoms with Crippen molar-refractivity contribution in [3.8, 4) is 0 Å². The van der Waals surface area contributed by atoms with E-state index in [-0.39, 0.29) is 0 Å². The van der Waals surface area contributed by atoms with Gasteiger partial charge in [0, 0.05) is 25.3 Å². The van der Waals surface area contributed by atoms with Gasteiger partial charge in [0.05, 0.1) is 24.9 Å². The second kappa shape index (κ2) is 8.13. The Kier molecular flexibility index (Phi) is 5.68. The van der Waals surface area contributed by atoms with E-state index in [1.807, 2.05) is 0 Å². The number of anilines is 1. The summed E-state index contributed by atoms with van der Waals surface area (Å²) in [5.41, 5.74) is 2.00. The monoisotopic (exact) mass is 349 g/mol. The first kappa shape index (κ1) is 16.7. The molecule has 1 aromatic carbocycles. The van der Waals surface area contributed by atoms with Crippen LogP contribution < -0.4 is 10.6 Å². The molecule has 0 radical (unpaired) electrons. The van der Waals surface area contributed by atoms with Gasteiger partial charge in [0.15, 0.2) is 0 Å². The molecule has 1 aliphatic heterocycles. The lowest BCUT2D eigenvalue weighted by atomic mass is 10.2. The van der Waals surface area contributed by atoms with E-state index < -0.39 is 11.8 Å². The number of rotatable bonds is 5. The molecule has 0 bridgehead atoms. The summed E-state index contributed by atoms with van der Waals surface area (Å²) in [7, 11) is 0. The van der Waals surface area contributed by atoms with Gasteiger partial charge in [0.25, 0.3) is 0 Å². The third-order valence-electron chi connectivity index (χ3n) is 3.76. The summed E-state index contributed by atoms with van der Waals surface area (Å²) in [6.45, 7) is 4.71. The summed E-state index contributed by atoms with van der Waals surface area (Å²) in [5.74, 6) is -1.31. The van der Waals surface area contributed by atoms with Gasteiger partial charge < -0.3 is 15.4 Å². The molecule has 2 heterocycles. The lowest BCUT2D eigenvalue weighted by molar-refractivity contribution is -0.136. The predicted molar refractivity (Wildman–Crippen MR) is 90.9 cm³/mol. The fraction of sp³-hybridized carbons (Fsp3) is 0.467. The Bertz CT molecular complexity index is 714. The van der Waals surface area contributed by atoms with E-state index in [2.05, 4.69) is 24.3 Å². The molecule has 0 spiro atoms. The van der Waals surface area contributed by atoms with E-state index in [1.54, 1.807) is 18.2 Å². The average molecular weight is 349 g/mol. The van der Waals surface area contributed by atoms with Crippen molar-refractivity contribution in [3.63, 3.8) is 0 Å². The zero-order valence-corrected chi connectivity index (χ0v) is 14.0. The third kappa shape index (κ3) is 4.47. The molecule has 1 saturated heterocycles. The van der Waals surface area contributed by atoms with Crippen LogP contribution in [0.1, 0.15) is 6.42 Å². The lowest BCUT2D eigenvalue weighted by Gasteiger charge is -2.26. The molecular weight excluding hydrogens is 330 g/mol. The molecule has 0 aliphatic carbocycles. The highest BCUT2D eigenvalue weighted by Crippen LogP contribution is 2.16. The van der Waals surface area contributed by atoms with Crippen LogP contribution in [0.5, 0.6) is 0 Å². The number of hydrogen-bond donors (Lipinski definition) is 2. The van der Waals surface area contributed by atoms with E-state index in [0.29, 0.717) is 17.7 Å². The van der Waals surface area contributed by atoms with Crippen molar-refractivity contribution in [1.82, 2.24) is 19.0 Å². The number of nitrogens with zero attached hydrogens (tertiary/aromatic N) is 3. The van der Waals surface area contributed by atoms with Gasteiger partial charge in [-0.1, -0.05) is 0 Å². The van der Waals surface area contributed by atoms with Gasteiger partial charge in [0.2, 0.25) is 0 Å². The van der Waals surface area contributed by atoms with E-state index in [0.717, 1.165) is 56.5 Å². The van der Waals surface area contributed by atoms with Crippen LogP contribution in [0.15, 0.2) is 18.2 Å². The van der Waals surface area contributed by atoms with Crippen molar-refractivity contribution in [2.45, 2.75) is 6.42 Å². The van der Waals surface area contributed by atoms with Crippen molar-refractivity contribution in [1.29, 1.82) is 0 Å². The number of aromatic nitrogens is 2. The van der Waals surface area contributed by atoms with E-state index in [9.17, 15) is 9.59 Å². The molecular formula is C15H19N5O3S. The van der Waals surface area contributed by atoms with Gasteiger partial charge in [0.1, 0.15) is 11.0 Å². The predicted octanol–water partition coefficient (Wildman–Crippen LogP) is 0.468. The number of fused-ring (bicyclic) bond motifs is 1. The van der Waals surface area contributed by atoms with Gasteiger partial charge in [-0.25, -0.2) is 0 Å². The summed E-state index contributed by atoms with van der Waals surface area (Å²) < 4.78 is 13.5. The minimum atomic E-state index is -0.677. The zero-order valence-electron chi connectivity index (χ0n) is 13.2. The summed E-state index contributed by atoms with van der Waals surface area (Å²) in [4.78, 5) is 26.0. The van der Waals surface area contributed by atoms with E-state index in [4.69, 9.17) is 4.74 Å². The fourth-order valence-electron chi connectivity index (χ4n) is 2.46. The molecule has 1 fully saturated rings. The van der Waals surface area contributed by atoms with Crippen LogP contribution in [0.3, 0.4) is 0 Å². The first-order valence-electron chi connectivity index (χ1n) is 7.84. The first-order chi connectivity index (χ1) is 11.7. The molecule has 128 valence electrons. The van der Waals surface area contributed by atoms with Gasteiger partial charge in [-0.05, 0) is 31.2 Å². The number of carbonyl (C=O) groups is 2. The second-order valence-electron chi connectivity index (χ2n) is 5.49. The molecule has 0 saturated carbocycles. The Morgan fingerprint density at radius 2 is 1.96 bits per heavy atom. The molecule has 3 rings (SSSR count). The maximum atomic E-state index is 11.9. The minimum Gasteiger partial charge on any atom is -0.379 e. The van der Waals surface area contributed by atoms with E-state index >= 15 is 0 Å². The summed E-state index contributed by atoms with van der Waals surface area (Å²) >= 11 is 1.11. The third-order valence-corrected chi connectivity index (χ3v) is 4.31. The quantitative estimate of drug-likeness (QED) is 0.602. The van der Waals surface area contributed by atoms with Crippen molar-refractivity contribution in [3.05, 3.63) is 18.2 Å². The van der Waals surface area contributed by atoms with Gasteiger partial charge >= 0.3 is 11.8 Å². The molecule has 1 aliphatic rings. The van der Waals surface area contributed by atoms with Crippen LogP contribution in [0.4, 0.5) is 5.69 Å². The molecule has 9 heteroatoms. The van der Waals surface area contributed by atoms with Crippen LogP contribution in [0.2, 0.25) is 0 Å². The standard InChI is InChI=1S/C15H19N5O3S/c21-14(16-4-1-5-20-6-8-23-9-7-20)15(22)17-11-2-3-12-13(10-11)19-24-18-12/h2-3,10H,1,4-9H2,(H,16,21)(H,17,22). The Balaban J connectivity index is 1.40. The highest BCUT2D eigenvalue weighted by Gasteiger charge is 2.14. The number of benzene rings is 1. The SMILES string of the molecule is O=C(NCCCN1CCOCC1)C(=O)Nc1ccc2nsnc2c1. The number of hydrogen-bond acceptors (Lipinski definition) is 7. The Hall–Kier alpha value is -2.10. The molecule has 2 amide bonds. The molecule has 8 nitrogen and oxygen atoms in total. The van der Waals surface area contributed by atoms with Crippen LogP contribution in [-0.2, 0) is 14.3 Å². The van der Waals surface area contributed by atoms with Gasteiger partial charge in [-0.15, -0.1) is 0 Å². The second-order valence-corrected chi connectivity index (χ2v) is 6.01. The smallest absolute Gasteiger partial charge is 0.313 e. The number of ether oxygens (including phenoxy) is 1. The van der Waals surface area contributed by atoms with Crippen LogP contribution in [-0.4, -0.2) is 64.9 Å². The highest BCUT2D eigenvalue weighted by molar-refractivity contribution is 7.00. The maximum Gasteiger partial charge on any atom is 0.313 e. The number of carbonyl (C=O) groups excluding carboxylic acids is 2. The molecule has 24 heavy (non-hydrogen) atoms. The number of morpholine rings is 1. The Morgan fingerprint density at radius 1 is 1.17 bits per heavy atom. The lowest BCUT2D eigenvalue weighted by Crippen LogP contribution is -2.39. The molecule has 0 atom stereocenters. The fourth-order valence-corrected chi connectivity index (χ4v) is 2.97. The van der Waals surface area contributed by atoms with Gasteiger partial charge in [-0.3, -0.25) is 14.5 Å². The maximum absolute atomic E-state index is 11.9. The van der Waals surface area contributed by atoms with Crippen molar-refractivity contribution in [2.24, 2.45) is 0 Å². The highest BCUT2D eigenvalue weighted by atomic mass is 32.1. The van der Waals surface area contributed by atoms with Crippen LogP contribution in [0.25, 0.3) is 11.0 Å². The topological polar surface area (TPSA) is 96.5 Å². The van der Waals surface area contributed by atoms with Crippen LogP contribution >= 0.6 is 11.7 Å². The van der Waals surface area contributed by atoms with Crippen molar-refractivity contribution in [2.75, 3.05) is 44.7 Å². The van der Waals surface area contributed by atoms with Crippen molar-refractivity contribution < 1.29 is 14.3 Å². The normalized spacial score (nSPS) is 15.3. The average Bonchev–Trinajstić information content (AvgIpc) is 3.07. The van der Waals surface area contributed by atoms with Gasteiger partial charge in [-0.2, -0.15) is 8.75 Å². The first-order valence-corrected chi connectivity index (χ1v) is 8.57. The number of amides is 2. The molecule has 1 aromatic heterocycles. The molecule has 0 unspecified atom stereocenters. The zero-order chi connectivity index (χ0) is 16.8. The van der Waals surface area contributed by atoms with Crippen LogP contribution in [0, 0.1) is 0 Å². The Morgan fingerprint density at radius 3 is 2.79 bits per heavy atom. The minimum absolute atomic E-state index is 0.471. The molecule has 2 aromatic rings. The number of nitrogens with one attached hydrogen (secondary N) is 2. The summed E-state index contributed by atoms with van der Waals surface area (Å²) in [6.07, 6.45) is 0.801.